The van der Waals surface area contributed by atoms with E-state index in [9.17, 15) is 9.59 Å². The maximum Gasteiger partial charge on any atom is 0.314 e. The van der Waals surface area contributed by atoms with Gasteiger partial charge in [0.25, 0.3) is 0 Å². The summed E-state index contributed by atoms with van der Waals surface area (Å²) in [6.45, 7) is 5.29. The third-order valence-corrected chi connectivity index (χ3v) is 3.66. The number of urea groups is 1. The molecule has 0 aliphatic rings. The molecule has 0 spiro atoms. The zero-order valence-electron chi connectivity index (χ0n) is 13.3. The van der Waals surface area contributed by atoms with Crippen molar-refractivity contribution in [2.24, 2.45) is 11.8 Å². The Hall–Kier alpha value is -2.04. The van der Waals surface area contributed by atoms with Gasteiger partial charge in [-0.2, -0.15) is 0 Å². The lowest BCUT2D eigenvalue weighted by Gasteiger charge is -2.21. The van der Waals surface area contributed by atoms with Crippen molar-refractivity contribution in [1.29, 1.82) is 0 Å². The largest absolute Gasteiger partial charge is 0.481 e. The average molecular weight is 306 g/mol. The van der Waals surface area contributed by atoms with Crippen LogP contribution >= 0.6 is 0 Å². The van der Waals surface area contributed by atoms with E-state index < -0.39 is 5.97 Å². The van der Waals surface area contributed by atoms with E-state index in [1.165, 1.54) is 5.56 Å². The molecule has 1 aromatic rings. The van der Waals surface area contributed by atoms with Crippen LogP contribution in [0.15, 0.2) is 30.3 Å². The van der Waals surface area contributed by atoms with Gasteiger partial charge in [-0.1, -0.05) is 44.2 Å². The van der Waals surface area contributed by atoms with Crippen molar-refractivity contribution in [3.63, 3.8) is 0 Å². The fraction of sp³-hybridized carbons (Fsp3) is 0.529. The standard InChI is InChI=1S/C17H26N2O3/c1-13(2)15(11-14-7-4-3-5-8-14)12-19-17(22)18-10-6-9-16(20)21/h3-5,7-8,13,15H,6,9-12H2,1-2H3,(H,20,21)(H2,18,19,22). The van der Waals surface area contributed by atoms with E-state index >= 15 is 0 Å². The molecule has 0 fully saturated rings. The zero-order chi connectivity index (χ0) is 16.4. The number of carboxylic acid groups (broad SMARTS) is 1. The predicted octanol–water partition coefficient (Wildman–Crippen LogP) is 2.67. The molecule has 1 atom stereocenters. The van der Waals surface area contributed by atoms with Gasteiger partial charge in [0, 0.05) is 19.5 Å². The van der Waals surface area contributed by atoms with Gasteiger partial charge in [0.2, 0.25) is 0 Å². The number of benzene rings is 1. The molecular formula is C17H26N2O3. The molecule has 0 aliphatic heterocycles. The molecule has 0 saturated carbocycles. The van der Waals surface area contributed by atoms with E-state index in [1.807, 2.05) is 18.2 Å². The summed E-state index contributed by atoms with van der Waals surface area (Å²) in [5, 5.41) is 14.1. The van der Waals surface area contributed by atoms with E-state index in [-0.39, 0.29) is 12.5 Å². The minimum Gasteiger partial charge on any atom is -0.481 e. The predicted molar refractivity (Wildman–Crippen MR) is 86.7 cm³/mol. The fourth-order valence-electron chi connectivity index (χ4n) is 2.19. The number of amides is 2. The molecule has 0 bridgehead atoms. The number of carbonyl (C=O) groups excluding carboxylic acids is 1. The molecule has 5 nitrogen and oxygen atoms in total. The maximum absolute atomic E-state index is 11.7. The van der Waals surface area contributed by atoms with E-state index in [2.05, 4.69) is 36.6 Å². The van der Waals surface area contributed by atoms with Crippen molar-refractivity contribution in [3.8, 4) is 0 Å². The molecule has 0 saturated heterocycles. The van der Waals surface area contributed by atoms with Crippen LogP contribution < -0.4 is 10.6 Å². The van der Waals surface area contributed by atoms with Crippen LogP contribution in [0, 0.1) is 11.8 Å². The van der Waals surface area contributed by atoms with Gasteiger partial charge in [-0.05, 0) is 30.2 Å². The van der Waals surface area contributed by atoms with Crippen molar-refractivity contribution in [1.82, 2.24) is 10.6 Å². The lowest BCUT2D eigenvalue weighted by molar-refractivity contribution is -0.137. The summed E-state index contributed by atoms with van der Waals surface area (Å²) in [6.07, 6.45) is 1.45. The molecule has 0 radical (unpaired) electrons. The van der Waals surface area contributed by atoms with Crippen LogP contribution in [0.25, 0.3) is 0 Å². The molecule has 5 heteroatoms. The number of aliphatic carboxylic acids is 1. The first-order chi connectivity index (χ1) is 10.5. The second-order valence-electron chi connectivity index (χ2n) is 5.83. The molecule has 0 heterocycles. The quantitative estimate of drug-likeness (QED) is 0.614. The third kappa shape index (κ3) is 7.67. The molecule has 3 N–H and O–H groups in total. The molecule has 1 aromatic carbocycles. The van der Waals surface area contributed by atoms with Crippen molar-refractivity contribution in [2.45, 2.75) is 33.1 Å². The van der Waals surface area contributed by atoms with Crippen molar-refractivity contribution in [3.05, 3.63) is 35.9 Å². The normalized spacial score (nSPS) is 12.0. The van der Waals surface area contributed by atoms with E-state index in [1.54, 1.807) is 0 Å². The summed E-state index contributed by atoms with van der Waals surface area (Å²) in [5.74, 6) is -0.00960. The Labute approximate surface area is 132 Å². The van der Waals surface area contributed by atoms with Crippen LogP contribution in [0.2, 0.25) is 0 Å². The summed E-state index contributed by atoms with van der Waals surface area (Å²) in [7, 11) is 0. The van der Waals surface area contributed by atoms with Crippen molar-refractivity contribution >= 4 is 12.0 Å². The topological polar surface area (TPSA) is 78.4 Å². The lowest BCUT2D eigenvalue weighted by atomic mass is 9.89. The Kier molecular flexibility index (Phi) is 8.04. The van der Waals surface area contributed by atoms with Gasteiger partial charge in [-0.25, -0.2) is 4.79 Å². The van der Waals surface area contributed by atoms with Crippen LogP contribution in [-0.2, 0) is 11.2 Å². The minimum atomic E-state index is -0.843. The second kappa shape index (κ2) is 9.82. The Morgan fingerprint density at radius 2 is 1.82 bits per heavy atom. The van der Waals surface area contributed by atoms with E-state index in [4.69, 9.17) is 5.11 Å². The Bertz CT molecular complexity index is 460. The van der Waals surface area contributed by atoms with E-state index in [0.29, 0.717) is 31.3 Å². The summed E-state index contributed by atoms with van der Waals surface area (Å²) >= 11 is 0. The lowest BCUT2D eigenvalue weighted by Crippen LogP contribution is -2.40. The summed E-state index contributed by atoms with van der Waals surface area (Å²) in [4.78, 5) is 22.1. The molecule has 0 aromatic heterocycles. The summed E-state index contributed by atoms with van der Waals surface area (Å²) < 4.78 is 0. The number of carbonyl (C=O) groups is 2. The van der Waals surface area contributed by atoms with Crippen LogP contribution in [0.3, 0.4) is 0 Å². The van der Waals surface area contributed by atoms with E-state index in [0.717, 1.165) is 6.42 Å². The molecule has 22 heavy (non-hydrogen) atoms. The zero-order valence-corrected chi connectivity index (χ0v) is 13.3. The van der Waals surface area contributed by atoms with Gasteiger partial charge in [0.15, 0.2) is 0 Å². The number of hydrogen-bond acceptors (Lipinski definition) is 2. The minimum absolute atomic E-state index is 0.0723. The number of carboxylic acids is 1. The van der Waals surface area contributed by atoms with Gasteiger partial charge in [-0.3, -0.25) is 4.79 Å². The molecular weight excluding hydrogens is 280 g/mol. The van der Waals surface area contributed by atoms with Gasteiger partial charge >= 0.3 is 12.0 Å². The number of rotatable bonds is 9. The Morgan fingerprint density at radius 3 is 2.41 bits per heavy atom. The second-order valence-corrected chi connectivity index (χ2v) is 5.83. The highest BCUT2D eigenvalue weighted by atomic mass is 16.4. The highest BCUT2D eigenvalue weighted by molar-refractivity contribution is 5.73. The summed E-state index contributed by atoms with van der Waals surface area (Å²) in [5.41, 5.74) is 1.27. The Balaban J connectivity index is 2.32. The average Bonchev–Trinajstić information content (AvgIpc) is 2.48. The first kappa shape index (κ1) is 18.0. The van der Waals surface area contributed by atoms with Crippen LogP contribution in [0.1, 0.15) is 32.3 Å². The van der Waals surface area contributed by atoms with Gasteiger partial charge in [-0.15, -0.1) is 0 Å². The molecule has 1 unspecified atom stereocenters. The molecule has 122 valence electrons. The Morgan fingerprint density at radius 1 is 1.14 bits per heavy atom. The number of nitrogens with one attached hydrogen (secondary N) is 2. The highest BCUT2D eigenvalue weighted by Crippen LogP contribution is 2.16. The van der Waals surface area contributed by atoms with Crippen LogP contribution in [0.5, 0.6) is 0 Å². The smallest absolute Gasteiger partial charge is 0.314 e. The van der Waals surface area contributed by atoms with Crippen LogP contribution in [-0.4, -0.2) is 30.2 Å². The monoisotopic (exact) mass is 306 g/mol. The maximum atomic E-state index is 11.7. The third-order valence-electron chi connectivity index (χ3n) is 3.66. The van der Waals surface area contributed by atoms with Crippen LogP contribution in [0.4, 0.5) is 4.79 Å². The molecule has 0 aliphatic carbocycles. The van der Waals surface area contributed by atoms with Crippen molar-refractivity contribution in [2.75, 3.05) is 13.1 Å². The first-order valence-electron chi connectivity index (χ1n) is 7.76. The summed E-state index contributed by atoms with van der Waals surface area (Å²) in [6, 6.07) is 10.0. The van der Waals surface area contributed by atoms with Gasteiger partial charge in [0.05, 0.1) is 0 Å². The fourth-order valence-corrected chi connectivity index (χ4v) is 2.19. The van der Waals surface area contributed by atoms with Gasteiger partial charge < -0.3 is 15.7 Å². The molecule has 1 rings (SSSR count). The van der Waals surface area contributed by atoms with Crippen molar-refractivity contribution < 1.29 is 14.7 Å². The van der Waals surface area contributed by atoms with Gasteiger partial charge in [0.1, 0.15) is 0 Å². The highest BCUT2D eigenvalue weighted by Gasteiger charge is 2.15. The molecule has 2 amide bonds. The number of hydrogen-bond donors (Lipinski definition) is 3. The first-order valence-corrected chi connectivity index (χ1v) is 7.76. The SMILES string of the molecule is CC(C)C(CNC(=O)NCCCC(=O)O)Cc1ccccc1.